The van der Waals surface area contributed by atoms with Gasteiger partial charge in [-0.1, -0.05) is 0 Å². The van der Waals surface area contributed by atoms with Crippen molar-refractivity contribution in [2.75, 3.05) is 23.1 Å². The van der Waals surface area contributed by atoms with Gasteiger partial charge in [0.15, 0.2) is 5.11 Å². The summed E-state index contributed by atoms with van der Waals surface area (Å²) in [5.41, 5.74) is 1.99. The number of thiocarbonyl (C=S) groups is 1. The Kier molecular flexibility index (Phi) is 6.78. The van der Waals surface area contributed by atoms with E-state index in [1.165, 1.54) is 43.5 Å². The molecule has 158 valence electrons. The van der Waals surface area contributed by atoms with E-state index in [1.807, 2.05) is 0 Å². The number of methoxy groups -OCH3 is 1. The van der Waals surface area contributed by atoms with E-state index in [2.05, 4.69) is 16.0 Å². The van der Waals surface area contributed by atoms with Crippen molar-refractivity contribution in [1.82, 2.24) is 0 Å². The lowest BCUT2D eigenvalue weighted by Gasteiger charge is -2.15. The molecule has 31 heavy (non-hydrogen) atoms. The van der Waals surface area contributed by atoms with Gasteiger partial charge in [0.1, 0.15) is 11.6 Å². The van der Waals surface area contributed by atoms with Gasteiger partial charge in [-0.15, -0.1) is 0 Å². The van der Waals surface area contributed by atoms with E-state index in [4.69, 9.17) is 22.1 Å². The van der Waals surface area contributed by atoms with Crippen LogP contribution in [0.5, 0.6) is 5.75 Å². The van der Waals surface area contributed by atoms with E-state index in [1.54, 1.807) is 30.3 Å². The molecule has 0 unspecified atom stereocenters. The number of anilines is 3. The third kappa shape index (κ3) is 5.77. The monoisotopic (exact) mass is 439 g/mol. The molecule has 4 N–H and O–H groups in total. The molecule has 3 rings (SSSR count). The minimum Gasteiger partial charge on any atom is -0.495 e. The Morgan fingerprint density at radius 2 is 1.45 bits per heavy atom. The summed E-state index contributed by atoms with van der Waals surface area (Å²) in [6.07, 6.45) is 0. The number of rotatable bonds is 6. The zero-order valence-corrected chi connectivity index (χ0v) is 17.1. The average Bonchev–Trinajstić information content (AvgIpc) is 2.75. The SMILES string of the molecule is COc1ccc(C(=O)Nc2ccc(F)cc2)cc1NC(=S)Nc1ccc(C(=O)O)cc1. The number of amides is 1. The van der Waals surface area contributed by atoms with E-state index in [0.29, 0.717) is 28.4 Å². The molecule has 0 saturated carbocycles. The Labute approximate surface area is 182 Å². The molecule has 0 saturated heterocycles. The third-order valence-corrected chi connectivity index (χ3v) is 4.41. The minimum absolute atomic E-state index is 0.158. The number of aromatic carboxylic acids is 1. The third-order valence-electron chi connectivity index (χ3n) is 4.20. The summed E-state index contributed by atoms with van der Waals surface area (Å²) >= 11 is 5.31. The second kappa shape index (κ2) is 9.68. The summed E-state index contributed by atoms with van der Waals surface area (Å²) in [5, 5.41) is 17.8. The zero-order valence-electron chi connectivity index (χ0n) is 16.3. The normalized spacial score (nSPS) is 10.1. The quantitative estimate of drug-likeness (QED) is 0.417. The molecule has 0 aromatic heterocycles. The van der Waals surface area contributed by atoms with Crippen molar-refractivity contribution in [1.29, 1.82) is 0 Å². The van der Waals surface area contributed by atoms with Crippen LogP contribution in [-0.4, -0.2) is 29.2 Å². The van der Waals surface area contributed by atoms with E-state index >= 15 is 0 Å². The van der Waals surface area contributed by atoms with Crippen LogP contribution < -0.4 is 20.7 Å². The number of carboxylic acids is 1. The predicted molar refractivity (Wildman–Crippen MR) is 121 cm³/mol. The van der Waals surface area contributed by atoms with Crippen molar-refractivity contribution in [3.8, 4) is 5.75 Å². The van der Waals surface area contributed by atoms with Gasteiger partial charge in [-0.25, -0.2) is 9.18 Å². The van der Waals surface area contributed by atoms with E-state index in [9.17, 15) is 14.0 Å². The van der Waals surface area contributed by atoms with Gasteiger partial charge in [-0.2, -0.15) is 0 Å². The molecule has 0 fully saturated rings. The van der Waals surface area contributed by atoms with Gasteiger partial charge in [-0.05, 0) is 78.9 Å². The molecule has 0 aliphatic rings. The highest BCUT2D eigenvalue weighted by molar-refractivity contribution is 7.80. The average molecular weight is 439 g/mol. The first-order chi connectivity index (χ1) is 14.9. The summed E-state index contributed by atoms with van der Waals surface area (Å²) in [4.78, 5) is 23.5. The fraction of sp³-hybridized carbons (Fsp3) is 0.0455. The molecule has 7 nitrogen and oxygen atoms in total. The first-order valence-corrected chi connectivity index (χ1v) is 9.43. The number of ether oxygens (including phenoxy) is 1. The number of halogens is 1. The van der Waals surface area contributed by atoms with Gasteiger partial charge in [0.2, 0.25) is 0 Å². The maximum absolute atomic E-state index is 13.0. The van der Waals surface area contributed by atoms with Crippen LogP contribution in [0.25, 0.3) is 0 Å². The first-order valence-electron chi connectivity index (χ1n) is 9.02. The molecule has 0 aliphatic carbocycles. The van der Waals surface area contributed by atoms with Gasteiger partial charge in [0.05, 0.1) is 18.4 Å². The molecule has 0 bridgehead atoms. The Morgan fingerprint density at radius 1 is 0.871 bits per heavy atom. The first kappa shape index (κ1) is 21.7. The lowest BCUT2D eigenvalue weighted by atomic mass is 10.1. The second-order valence-corrected chi connectivity index (χ2v) is 6.75. The molecule has 1 amide bonds. The topological polar surface area (TPSA) is 99.7 Å². The predicted octanol–water partition coefficient (Wildman–Crippen LogP) is 4.59. The van der Waals surface area contributed by atoms with E-state index < -0.39 is 11.8 Å². The van der Waals surface area contributed by atoms with Crippen LogP contribution in [-0.2, 0) is 0 Å². The lowest BCUT2D eigenvalue weighted by Crippen LogP contribution is -2.20. The van der Waals surface area contributed by atoms with Gasteiger partial charge >= 0.3 is 5.97 Å². The number of carbonyl (C=O) groups is 2. The number of carbonyl (C=O) groups excluding carboxylic acids is 1. The maximum Gasteiger partial charge on any atom is 0.335 e. The number of carboxylic acid groups (broad SMARTS) is 1. The second-order valence-electron chi connectivity index (χ2n) is 6.34. The molecular formula is C22H18FN3O4S. The Bertz CT molecular complexity index is 1120. The fourth-order valence-corrected chi connectivity index (χ4v) is 2.89. The Morgan fingerprint density at radius 3 is 2.06 bits per heavy atom. The van der Waals surface area contributed by atoms with Crippen LogP contribution >= 0.6 is 12.2 Å². The van der Waals surface area contributed by atoms with E-state index in [-0.39, 0.29) is 16.6 Å². The highest BCUT2D eigenvalue weighted by Crippen LogP contribution is 2.26. The van der Waals surface area contributed by atoms with Gasteiger partial charge in [0.25, 0.3) is 5.91 Å². The summed E-state index contributed by atoms with van der Waals surface area (Å²) in [6, 6.07) is 16.3. The summed E-state index contributed by atoms with van der Waals surface area (Å²) in [7, 11) is 1.49. The number of hydrogen-bond donors (Lipinski definition) is 4. The standard InChI is InChI=1S/C22H18FN3O4S/c1-30-19-11-4-14(20(27)24-16-9-5-15(23)6-10-16)12-18(19)26-22(31)25-17-7-2-13(3-8-17)21(28)29/h2-12H,1H3,(H,24,27)(H,28,29)(H2,25,26,31). The zero-order chi connectivity index (χ0) is 22.4. The Hall–Kier alpha value is -3.98. The number of nitrogens with one attached hydrogen (secondary N) is 3. The van der Waals surface area contributed by atoms with Gasteiger partial charge in [-0.3, -0.25) is 4.79 Å². The molecule has 0 spiro atoms. The molecule has 0 radical (unpaired) electrons. The van der Waals surface area contributed by atoms with Crippen LogP contribution in [0, 0.1) is 5.82 Å². The van der Waals surface area contributed by atoms with Crippen molar-refractivity contribution < 1.29 is 23.8 Å². The van der Waals surface area contributed by atoms with Crippen LogP contribution in [0.3, 0.4) is 0 Å². The van der Waals surface area contributed by atoms with Gasteiger partial charge in [0, 0.05) is 16.9 Å². The van der Waals surface area contributed by atoms with Gasteiger partial charge < -0.3 is 25.8 Å². The highest BCUT2D eigenvalue weighted by Gasteiger charge is 2.12. The lowest BCUT2D eigenvalue weighted by molar-refractivity contribution is 0.0696. The maximum atomic E-state index is 13.0. The smallest absolute Gasteiger partial charge is 0.335 e. The van der Waals surface area contributed by atoms with Crippen LogP contribution in [0.1, 0.15) is 20.7 Å². The molecule has 3 aromatic rings. The molecule has 0 aliphatic heterocycles. The summed E-state index contributed by atoms with van der Waals surface area (Å²) < 4.78 is 18.4. The number of benzene rings is 3. The van der Waals surface area contributed by atoms with Crippen molar-refractivity contribution in [2.45, 2.75) is 0 Å². The van der Waals surface area contributed by atoms with Crippen LogP contribution in [0.2, 0.25) is 0 Å². The highest BCUT2D eigenvalue weighted by atomic mass is 32.1. The molecule has 0 heterocycles. The number of hydrogen-bond acceptors (Lipinski definition) is 4. The summed E-state index contributed by atoms with van der Waals surface area (Å²) in [5.74, 6) is -1.34. The van der Waals surface area contributed by atoms with Crippen molar-refractivity contribution in [3.05, 3.63) is 83.7 Å². The van der Waals surface area contributed by atoms with Crippen molar-refractivity contribution in [2.24, 2.45) is 0 Å². The molecule has 3 aromatic carbocycles. The van der Waals surface area contributed by atoms with Crippen molar-refractivity contribution in [3.63, 3.8) is 0 Å². The van der Waals surface area contributed by atoms with E-state index in [0.717, 1.165) is 0 Å². The minimum atomic E-state index is -1.02. The summed E-state index contributed by atoms with van der Waals surface area (Å²) in [6.45, 7) is 0. The fourth-order valence-electron chi connectivity index (χ4n) is 2.66. The molecule has 0 atom stereocenters. The molecular weight excluding hydrogens is 421 g/mol. The largest absolute Gasteiger partial charge is 0.495 e. The van der Waals surface area contributed by atoms with Crippen LogP contribution in [0.15, 0.2) is 66.7 Å². The molecule has 9 heteroatoms. The Balaban J connectivity index is 1.72. The van der Waals surface area contributed by atoms with Crippen molar-refractivity contribution >= 4 is 46.3 Å². The van der Waals surface area contributed by atoms with Crippen LogP contribution in [0.4, 0.5) is 21.5 Å².